The molecule has 6 nitrogen and oxygen atoms in total. The number of hydrogen-bond donors (Lipinski definition) is 0. The summed E-state index contributed by atoms with van der Waals surface area (Å²) in [6, 6.07) is 0.904. The summed E-state index contributed by atoms with van der Waals surface area (Å²) in [6.45, 7) is 8.52. The Bertz CT molecular complexity index is 270. The van der Waals surface area contributed by atoms with E-state index in [2.05, 4.69) is 10.0 Å². The third-order valence-electron chi connectivity index (χ3n) is 3.15. The van der Waals surface area contributed by atoms with E-state index in [4.69, 9.17) is 18.8 Å². The Kier molecular flexibility index (Phi) is 13.9. The van der Waals surface area contributed by atoms with Crippen molar-refractivity contribution in [2.75, 3.05) is 26.4 Å². The van der Waals surface area contributed by atoms with Gasteiger partial charge in [-0.1, -0.05) is 30.8 Å². The van der Waals surface area contributed by atoms with Gasteiger partial charge >= 0.3 is 8.80 Å². The molecule has 0 radical (unpaired) electrons. The van der Waals surface area contributed by atoms with Gasteiger partial charge in [0.2, 0.25) is 0 Å². The third-order valence-corrected chi connectivity index (χ3v) is 6.30. The first-order valence-corrected chi connectivity index (χ1v) is 10.1. The largest absolute Gasteiger partial charge is 0.500 e. The molecule has 21 heavy (non-hydrogen) atoms. The molecule has 0 saturated carbocycles. The van der Waals surface area contributed by atoms with Gasteiger partial charge in [0.1, 0.15) is 0 Å². The molecule has 0 saturated heterocycles. The SMILES string of the molecule is CCO[Si](CCCCCCCCN=[N+]=[N-])(OCC)OCC. The Labute approximate surface area is 130 Å². The van der Waals surface area contributed by atoms with Crippen molar-refractivity contribution in [3.63, 3.8) is 0 Å². The highest BCUT2D eigenvalue weighted by Crippen LogP contribution is 2.20. The fourth-order valence-electron chi connectivity index (χ4n) is 2.28. The molecule has 0 rings (SSSR count). The molecule has 0 N–H and O–H groups in total. The molecular formula is C14H31N3O3Si. The zero-order valence-electron chi connectivity index (χ0n) is 13.8. The Hall–Kier alpha value is -0.593. The lowest BCUT2D eigenvalue weighted by Gasteiger charge is -2.28. The second-order valence-electron chi connectivity index (χ2n) is 4.81. The normalized spacial score (nSPS) is 11.4. The summed E-state index contributed by atoms with van der Waals surface area (Å²) in [5.41, 5.74) is 8.17. The van der Waals surface area contributed by atoms with Crippen LogP contribution in [-0.2, 0) is 13.3 Å². The molecule has 0 aromatic carbocycles. The molecule has 0 aliphatic rings. The van der Waals surface area contributed by atoms with Crippen LogP contribution < -0.4 is 0 Å². The maximum Gasteiger partial charge on any atom is 0.500 e. The molecule has 0 fully saturated rings. The standard InChI is InChI=1S/C14H31N3O3Si/c1-4-18-21(19-5-2,20-6-3)14-12-10-8-7-9-11-13-16-17-15/h4-14H2,1-3H3. The number of unbranched alkanes of at least 4 members (excludes halogenated alkanes) is 5. The van der Waals surface area contributed by atoms with E-state index in [1.165, 1.54) is 19.3 Å². The fraction of sp³-hybridized carbons (Fsp3) is 1.00. The fourth-order valence-corrected chi connectivity index (χ4v) is 4.96. The topological polar surface area (TPSA) is 76.5 Å². The van der Waals surface area contributed by atoms with Crippen LogP contribution in [0, 0.1) is 0 Å². The summed E-state index contributed by atoms with van der Waals surface area (Å²) >= 11 is 0. The van der Waals surface area contributed by atoms with Gasteiger partial charge < -0.3 is 13.3 Å². The first-order chi connectivity index (χ1) is 10.2. The molecule has 0 aromatic rings. The van der Waals surface area contributed by atoms with Crippen LogP contribution in [0.4, 0.5) is 0 Å². The summed E-state index contributed by atoms with van der Waals surface area (Å²) in [4.78, 5) is 2.75. The first kappa shape index (κ1) is 20.4. The van der Waals surface area contributed by atoms with Crippen molar-refractivity contribution in [1.29, 1.82) is 0 Å². The molecule has 124 valence electrons. The van der Waals surface area contributed by atoms with E-state index in [0.29, 0.717) is 26.4 Å². The number of nitrogens with zero attached hydrogens (tertiary/aromatic N) is 3. The summed E-state index contributed by atoms with van der Waals surface area (Å²) in [5.74, 6) is 0. The lowest BCUT2D eigenvalue weighted by molar-refractivity contribution is 0.0706. The van der Waals surface area contributed by atoms with Crippen LogP contribution in [0.15, 0.2) is 5.11 Å². The van der Waals surface area contributed by atoms with Crippen molar-refractivity contribution < 1.29 is 13.3 Å². The predicted octanol–water partition coefficient (Wildman–Crippen LogP) is 4.69. The molecule has 0 bridgehead atoms. The lowest BCUT2D eigenvalue weighted by atomic mass is 10.1. The van der Waals surface area contributed by atoms with Gasteiger partial charge in [0.15, 0.2) is 0 Å². The van der Waals surface area contributed by atoms with Gasteiger partial charge in [0.05, 0.1) is 0 Å². The minimum absolute atomic E-state index is 0.617. The minimum atomic E-state index is -2.44. The van der Waals surface area contributed by atoms with Crippen molar-refractivity contribution in [3.8, 4) is 0 Å². The Morgan fingerprint density at radius 2 is 1.29 bits per heavy atom. The average Bonchev–Trinajstić information content (AvgIpc) is 2.46. The molecule has 0 unspecified atom stereocenters. The van der Waals surface area contributed by atoms with E-state index in [-0.39, 0.29) is 0 Å². The molecular weight excluding hydrogens is 286 g/mol. The lowest BCUT2D eigenvalue weighted by Crippen LogP contribution is -2.45. The Balaban J connectivity index is 3.83. The molecule has 0 atom stereocenters. The van der Waals surface area contributed by atoms with Gasteiger partial charge in [-0.15, -0.1) is 0 Å². The van der Waals surface area contributed by atoms with Crippen LogP contribution in [0.5, 0.6) is 0 Å². The Morgan fingerprint density at radius 1 is 0.810 bits per heavy atom. The summed E-state index contributed by atoms with van der Waals surface area (Å²) in [5, 5.41) is 3.54. The maximum absolute atomic E-state index is 8.17. The number of rotatable bonds is 15. The highest BCUT2D eigenvalue weighted by atomic mass is 28.4. The van der Waals surface area contributed by atoms with Crippen molar-refractivity contribution in [2.24, 2.45) is 5.11 Å². The summed E-state index contributed by atoms with van der Waals surface area (Å²) in [6.07, 6.45) is 6.76. The zero-order chi connectivity index (χ0) is 15.8. The van der Waals surface area contributed by atoms with Crippen molar-refractivity contribution in [3.05, 3.63) is 10.4 Å². The predicted molar refractivity (Wildman–Crippen MR) is 87.2 cm³/mol. The molecule has 0 amide bonds. The summed E-state index contributed by atoms with van der Waals surface area (Å²) in [7, 11) is -2.44. The van der Waals surface area contributed by atoms with E-state index in [0.717, 1.165) is 25.3 Å². The highest BCUT2D eigenvalue weighted by Gasteiger charge is 2.39. The molecule has 0 spiro atoms. The van der Waals surface area contributed by atoms with Crippen molar-refractivity contribution >= 4 is 8.80 Å². The smallest absolute Gasteiger partial charge is 0.374 e. The van der Waals surface area contributed by atoms with E-state index in [9.17, 15) is 0 Å². The van der Waals surface area contributed by atoms with Gasteiger partial charge in [-0.2, -0.15) is 0 Å². The van der Waals surface area contributed by atoms with Crippen LogP contribution in [0.1, 0.15) is 59.3 Å². The van der Waals surface area contributed by atoms with E-state index >= 15 is 0 Å². The van der Waals surface area contributed by atoms with Crippen LogP contribution in [0.3, 0.4) is 0 Å². The Morgan fingerprint density at radius 3 is 1.76 bits per heavy atom. The highest BCUT2D eigenvalue weighted by molar-refractivity contribution is 6.60. The van der Waals surface area contributed by atoms with Gasteiger partial charge in [0, 0.05) is 37.3 Å². The second-order valence-corrected chi connectivity index (χ2v) is 7.54. The van der Waals surface area contributed by atoms with E-state index in [1.54, 1.807) is 0 Å². The van der Waals surface area contributed by atoms with E-state index in [1.807, 2.05) is 20.8 Å². The third kappa shape index (κ3) is 10.7. The van der Waals surface area contributed by atoms with Gasteiger partial charge in [0.25, 0.3) is 0 Å². The number of azide groups is 1. The minimum Gasteiger partial charge on any atom is -0.374 e. The van der Waals surface area contributed by atoms with Gasteiger partial charge in [-0.05, 0) is 39.1 Å². The molecule has 0 aliphatic heterocycles. The van der Waals surface area contributed by atoms with Gasteiger partial charge in [-0.25, -0.2) is 0 Å². The maximum atomic E-state index is 8.17. The monoisotopic (exact) mass is 317 g/mol. The van der Waals surface area contributed by atoms with E-state index < -0.39 is 8.80 Å². The molecule has 0 aliphatic carbocycles. The van der Waals surface area contributed by atoms with Crippen LogP contribution >= 0.6 is 0 Å². The molecule has 0 aromatic heterocycles. The second kappa shape index (κ2) is 14.3. The van der Waals surface area contributed by atoms with Gasteiger partial charge in [-0.3, -0.25) is 0 Å². The average molecular weight is 318 g/mol. The quantitative estimate of drug-likeness (QED) is 0.145. The zero-order valence-corrected chi connectivity index (χ0v) is 14.8. The van der Waals surface area contributed by atoms with Crippen molar-refractivity contribution in [2.45, 2.75) is 65.3 Å². The first-order valence-electron chi connectivity index (χ1n) is 8.17. The number of hydrogen-bond acceptors (Lipinski definition) is 4. The summed E-state index contributed by atoms with van der Waals surface area (Å²) < 4.78 is 17.5. The van der Waals surface area contributed by atoms with Crippen LogP contribution in [0.2, 0.25) is 6.04 Å². The van der Waals surface area contributed by atoms with Crippen LogP contribution in [0.25, 0.3) is 10.4 Å². The van der Waals surface area contributed by atoms with Crippen LogP contribution in [-0.4, -0.2) is 35.2 Å². The molecule has 0 heterocycles. The van der Waals surface area contributed by atoms with Crippen molar-refractivity contribution in [1.82, 2.24) is 0 Å². The molecule has 7 heteroatoms.